The Morgan fingerprint density at radius 1 is 1.15 bits per heavy atom. The summed E-state index contributed by atoms with van der Waals surface area (Å²) < 4.78 is 5.15. The summed E-state index contributed by atoms with van der Waals surface area (Å²) in [4.78, 5) is 35.9. The van der Waals surface area contributed by atoms with Gasteiger partial charge < -0.3 is 15.0 Å². The molecule has 2 aromatic carbocycles. The van der Waals surface area contributed by atoms with Gasteiger partial charge in [-0.05, 0) is 60.0 Å². The normalized spacial score (nSPS) is 27.4. The summed E-state index contributed by atoms with van der Waals surface area (Å²) in [5.74, 6) is -0.0831. The quantitative estimate of drug-likeness (QED) is 0.285. The lowest BCUT2D eigenvalue weighted by Gasteiger charge is -2.37. The number of amidine groups is 1. The molecule has 1 unspecified atom stereocenters. The fraction of sp³-hybridized carbons (Fsp3) is 0.452. The van der Waals surface area contributed by atoms with Crippen molar-refractivity contribution in [3.05, 3.63) is 80.3 Å². The number of carbonyl (C=O) groups excluding carboxylic acids is 2. The first-order valence-electron chi connectivity index (χ1n) is 14.0. The number of quaternary nitrogens is 1. The minimum Gasteiger partial charge on any atom is -0.383 e. The second kappa shape index (κ2) is 11.7. The van der Waals surface area contributed by atoms with Gasteiger partial charge in [0.25, 0.3) is 5.91 Å². The van der Waals surface area contributed by atoms with E-state index in [0.717, 1.165) is 28.4 Å². The van der Waals surface area contributed by atoms with Crippen LogP contribution in [0.5, 0.6) is 0 Å². The number of benzene rings is 2. The molecule has 4 atom stereocenters. The van der Waals surface area contributed by atoms with Crippen LogP contribution in [0.3, 0.4) is 0 Å². The number of nitrogens with zero attached hydrogens (tertiary/aromatic N) is 3. The third kappa shape index (κ3) is 5.34. The number of carbonyl (C=O) groups is 2. The van der Waals surface area contributed by atoms with E-state index in [-0.39, 0.29) is 28.3 Å². The molecule has 2 amide bonds. The molecule has 1 saturated heterocycles. The van der Waals surface area contributed by atoms with Crippen molar-refractivity contribution in [1.82, 2.24) is 10.2 Å². The van der Waals surface area contributed by atoms with Gasteiger partial charge in [0, 0.05) is 42.2 Å². The van der Waals surface area contributed by atoms with Crippen molar-refractivity contribution in [3.63, 3.8) is 0 Å². The Kier molecular flexibility index (Phi) is 8.61. The summed E-state index contributed by atoms with van der Waals surface area (Å²) in [7, 11) is 3.51. The van der Waals surface area contributed by atoms with E-state index in [0.29, 0.717) is 41.1 Å². The molecule has 0 aromatic heterocycles. The fourth-order valence-electron chi connectivity index (χ4n) is 6.38. The number of hydrogen-bond acceptors (Lipinski definition) is 6. The first-order chi connectivity index (χ1) is 19.5. The van der Waals surface area contributed by atoms with E-state index in [1.165, 1.54) is 11.8 Å². The maximum atomic E-state index is 14.5. The Hall–Kier alpha value is -2.36. The largest absolute Gasteiger partial charge is 0.383 e. The third-order valence-electron chi connectivity index (χ3n) is 8.53. The van der Waals surface area contributed by atoms with Crippen LogP contribution in [0.2, 0.25) is 10.0 Å². The Morgan fingerprint density at radius 3 is 2.39 bits per heavy atom. The van der Waals surface area contributed by atoms with E-state index >= 15 is 0 Å². The van der Waals surface area contributed by atoms with E-state index in [1.807, 2.05) is 55.6 Å². The van der Waals surface area contributed by atoms with Crippen LogP contribution in [0.15, 0.2) is 64.1 Å². The van der Waals surface area contributed by atoms with Gasteiger partial charge in [0.05, 0.1) is 26.2 Å². The van der Waals surface area contributed by atoms with Crippen molar-refractivity contribution in [2.45, 2.75) is 51.2 Å². The molecular formula is C31H37Cl2N4O3S+. The summed E-state index contributed by atoms with van der Waals surface area (Å²) in [6, 6.07) is 15.1. The van der Waals surface area contributed by atoms with Crippen LogP contribution in [0.25, 0.3) is 0 Å². The zero-order chi connectivity index (χ0) is 29.5. The predicted molar refractivity (Wildman–Crippen MR) is 166 cm³/mol. The molecule has 0 radical (unpaired) electrons. The van der Waals surface area contributed by atoms with Gasteiger partial charge in [-0.25, -0.2) is 14.3 Å². The van der Waals surface area contributed by atoms with Crippen LogP contribution in [-0.4, -0.2) is 66.3 Å². The molecule has 10 heteroatoms. The van der Waals surface area contributed by atoms with E-state index in [4.69, 9.17) is 32.9 Å². The maximum Gasteiger partial charge on any atom is 0.354 e. The van der Waals surface area contributed by atoms with E-state index in [9.17, 15) is 9.59 Å². The highest BCUT2D eigenvalue weighted by atomic mass is 35.5. The van der Waals surface area contributed by atoms with Crippen molar-refractivity contribution in [2.75, 3.05) is 33.9 Å². The summed E-state index contributed by atoms with van der Waals surface area (Å²) >= 11 is 14.0. The molecular weight excluding hydrogens is 579 g/mol. The smallest absolute Gasteiger partial charge is 0.354 e. The van der Waals surface area contributed by atoms with Gasteiger partial charge in [0.1, 0.15) is 10.4 Å². The van der Waals surface area contributed by atoms with Crippen LogP contribution in [-0.2, 0) is 19.9 Å². The first-order valence-corrected chi connectivity index (χ1v) is 15.6. The number of amides is 2. The summed E-state index contributed by atoms with van der Waals surface area (Å²) in [5, 5.41) is 5.08. The van der Waals surface area contributed by atoms with Crippen LogP contribution < -0.4 is 5.32 Å². The number of rotatable bonds is 8. The minimum atomic E-state index is -0.634. The zero-order valence-corrected chi connectivity index (χ0v) is 26.4. The maximum absolute atomic E-state index is 14.5. The highest BCUT2D eigenvalue weighted by Crippen LogP contribution is 2.56. The molecule has 5 rings (SSSR count). The lowest BCUT2D eigenvalue weighted by atomic mass is 9.81. The number of likely N-dealkylation sites (tertiary alicyclic amines) is 1. The molecule has 0 aliphatic carbocycles. The summed E-state index contributed by atoms with van der Waals surface area (Å²) in [5.41, 5.74) is 2.40. The number of halogens is 2. The molecule has 0 saturated carbocycles. The number of thioether (sulfide) groups is 1. The van der Waals surface area contributed by atoms with Gasteiger partial charge in [-0.1, -0.05) is 61.3 Å². The van der Waals surface area contributed by atoms with Gasteiger partial charge in [0.2, 0.25) is 0 Å². The highest BCUT2D eigenvalue weighted by molar-refractivity contribution is 8.18. The SMILES string of the molecule is COCCNC(=O)[C@@H]1CCC[N+]1(C)C(=O)C1=C(C(C)C)N2C(=N[C@@](C)(c3ccc(Cl)cc3)[C@H]2c2ccc(Cl)cc2)S1. The number of likely N-dealkylation sites (N-methyl/N-ethyl adjacent to an activating group) is 1. The average Bonchev–Trinajstić information content (AvgIpc) is 3.59. The first kappa shape index (κ1) is 30.1. The third-order valence-corrected chi connectivity index (χ3v) is 10.1. The van der Waals surface area contributed by atoms with Crippen molar-refractivity contribution in [1.29, 1.82) is 0 Å². The minimum absolute atomic E-state index is 0.0248. The number of hydrogen-bond donors (Lipinski definition) is 1. The van der Waals surface area contributed by atoms with Crippen molar-refractivity contribution in [2.24, 2.45) is 10.9 Å². The molecule has 3 aliphatic rings. The number of aliphatic imine (C=N–C) groups is 1. The zero-order valence-electron chi connectivity index (χ0n) is 24.1. The van der Waals surface area contributed by atoms with Gasteiger partial charge in [-0.15, -0.1) is 0 Å². The highest BCUT2D eigenvalue weighted by Gasteiger charge is 2.57. The number of nitrogens with one attached hydrogen (secondary N) is 1. The second-order valence-corrected chi connectivity index (χ2v) is 13.4. The van der Waals surface area contributed by atoms with Crippen molar-refractivity contribution in [3.8, 4) is 0 Å². The summed E-state index contributed by atoms with van der Waals surface area (Å²) in [6.07, 6.45) is 1.48. The topological polar surface area (TPSA) is 71.0 Å². The van der Waals surface area contributed by atoms with Gasteiger partial charge in [-0.2, -0.15) is 0 Å². The van der Waals surface area contributed by atoms with Gasteiger partial charge in [-0.3, -0.25) is 4.79 Å². The molecule has 41 heavy (non-hydrogen) atoms. The molecule has 218 valence electrons. The van der Waals surface area contributed by atoms with Gasteiger partial charge in [0.15, 0.2) is 11.2 Å². The van der Waals surface area contributed by atoms with Gasteiger partial charge >= 0.3 is 5.91 Å². The van der Waals surface area contributed by atoms with Crippen LogP contribution in [0, 0.1) is 5.92 Å². The van der Waals surface area contributed by atoms with Crippen LogP contribution >= 0.6 is 35.0 Å². The monoisotopic (exact) mass is 615 g/mol. The van der Waals surface area contributed by atoms with E-state index < -0.39 is 11.6 Å². The summed E-state index contributed by atoms with van der Waals surface area (Å²) in [6.45, 7) is 7.83. The molecule has 0 bridgehead atoms. The van der Waals surface area contributed by atoms with E-state index in [2.05, 4.69) is 31.0 Å². The Bertz CT molecular complexity index is 1400. The molecule has 7 nitrogen and oxygen atoms in total. The number of methoxy groups -OCH3 is 1. The van der Waals surface area contributed by atoms with Crippen molar-refractivity contribution >= 4 is 51.9 Å². The molecule has 0 spiro atoms. The predicted octanol–water partition coefficient (Wildman–Crippen LogP) is 6.13. The fourth-order valence-corrected chi connectivity index (χ4v) is 8.08. The molecule has 2 aromatic rings. The van der Waals surface area contributed by atoms with Crippen LogP contribution in [0.4, 0.5) is 0 Å². The Morgan fingerprint density at radius 2 is 1.78 bits per heavy atom. The van der Waals surface area contributed by atoms with Crippen LogP contribution in [0.1, 0.15) is 50.8 Å². The standard InChI is InChI=1S/C31H36Cl2N4O3S/c1-19(2)25-26(29(39)37(4)17-6-7-24(37)28(38)34-16-18-40-5)41-30-35-31(3,21-10-14-23(33)15-11-21)27(36(25)30)20-8-12-22(32)13-9-20/h8-15,19,24,27H,6-7,16-18H2,1-5H3/p+1/t24-,27+,31-,37?/m0/s1. The molecule has 1 fully saturated rings. The Labute approximate surface area is 256 Å². The molecule has 1 N–H and O–H groups in total. The lowest BCUT2D eigenvalue weighted by molar-refractivity contribution is -0.835. The lowest BCUT2D eigenvalue weighted by Crippen LogP contribution is -2.58. The van der Waals surface area contributed by atoms with E-state index in [1.54, 1.807) is 7.11 Å². The number of allylic oxidation sites excluding steroid dienone is 1. The van der Waals surface area contributed by atoms with Crippen molar-refractivity contribution < 1.29 is 18.8 Å². The number of fused-ring (bicyclic) bond motifs is 1. The number of ether oxygens (including phenoxy) is 1. The molecule has 3 aliphatic heterocycles. The second-order valence-electron chi connectivity index (χ2n) is 11.6. The Balaban J connectivity index is 1.57. The average molecular weight is 617 g/mol. The molecule has 3 heterocycles.